The van der Waals surface area contributed by atoms with Crippen LogP contribution >= 0.6 is 0 Å². The first-order chi connectivity index (χ1) is 8.99. The van der Waals surface area contributed by atoms with Gasteiger partial charge >= 0.3 is 0 Å². The molecule has 112 valence electrons. The van der Waals surface area contributed by atoms with Crippen LogP contribution in [0.4, 0.5) is 0 Å². The molecule has 2 aliphatic rings. The Morgan fingerprint density at radius 2 is 1.84 bits per heavy atom. The van der Waals surface area contributed by atoms with Gasteiger partial charge in [-0.25, -0.2) is 13.1 Å². The summed E-state index contributed by atoms with van der Waals surface area (Å²) < 4.78 is 26.7. The predicted molar refractivity (Wildman–Crippen MR) is 78.6 cm³/mol. The summed E-state index contributed by atoms with van der Waals surface area (Å²) in [5.41, 5.74) is 0.178. The first-order valence-corrected chi connectivity index (χ1v) is 9.35. The normalized spacial score (nSPS) is 23.4. The molecule has 2 rings (SSSR count). The van der Waals surface area contributed by atoms with Crippen LogP contribution < -0.4 is 10.0 Å². The third-order valence-corrected chi connectivity index (χ3v) is 5.79. The van der Waals surface area contributed by atoms with Crippen LogP contribution in [0.1, 0.15) is 58.3 Å². The second-order valence-electron chi connectivity index (χ2n) is 6.59. The molecule has 0 aliphatic heterocycles. The topological polar surface area (TPSA) is 58.2 Å². The molecule has 0 radical (unpaired) electrons. The first kappa shape index (κ1) is 15.3. The molecular weight excluding hydrogens is 260 g/mol. The Bertz CT molecular complexity index is 371. The minimum absolute atomic E-state index is 0.178. The molecule has 0 heterocycles. The lowest BCUT2D eigenvalue weighted by Gasteiger charge is -2.33. The lowest BCUT2D eigenvalue weighted by Crippen LogP contribution is -2.38. The van der Waals surface area contributed by atoms with E-state index in [2.05, 4.69) is 17.0 Å². The van der Waals surface area contributed by atoms with Gasteiger partial charge in [-0.15, -0.1) is 0 Å². The zero-order chi connectivity index (χ0) is 13.8. The minimum atomic E-state index is -3.09. The summed E-state index contributed by atoms with van der Waals surface area (Å²) in [4.78, 5) is 0. The molecule has 2 saturated carbocycles. The van der Waals surface area contributed by atoms with Gasteiger partial charge in [-0.2, -0.15) is 0 Å². The van der Waals surface area contributed by atoms with Crippen molar-refractivity contribution in [3.05, 3.63) is 0 Å². The lowest BCUT2D eigenvalue weighted by atomic mass is 9.76. The third kappa shape index (κ3) is 5.79. The average Bonchev–Trinajstić information content (AvgIpc) is 3.18. The summed E-state index contributed by atoms with van der Waals surface area (Å²) in [5, 5.41) is 3.35. The van der Waals surface area contributed by atoms with E-state index in [1.807, 2.05) is 0 Å². The number of nitrogens with one attached hydrogen (secondary N) is 2. The quantitative estimate of drug-likeness (QED) is 0.672. The highest BCUT2D eigenvalue weighted by Crippen LogP contribution is 2.35. The molecule has 0 aromatic rings. The van der Waals surface area contributed by atoms with Gasteiger partial charge < -0.3 is 5.32 Å². The van der Waals surface area contributed by atoms with Crippen molar-refractivity contribution in [2.45, 2.75) is 64.3 Å². The summed E-state index contributed by atoms with van der Waals surface area (Å²) in [6, 6.07) is 0.664. The summed E-state index contributed by atoms with van der Waals surface area (Å²) in [6.07, 6.45) is 9.30. The van der Waals surface area contributed by atoms with Crippen molar-refractivity contribution in [2.24, 2.45) is 5.41 Å². The summed E-state index contributed by atoms with van der Waals surface area (Å²) in [5.74, 6) is 0.253. The maximum atomic E-state index is 11.9. The molecular formula is C14H28N2O2S. The number of hydrogen-bond donors (Lipinski definition) is 2. The minimum Gasteiger partial charge on any atom is -0.314 e. The van der Waals surface area contributed by atoms with Gasteiger partial charge in [0.25, 0.3) is 0 Å². The Morgan fingerprint density at radius 1 is 1.16 bits per heavy atom. The SMILES string of the molecule is CC1(CNS(=O)(=O)CCCNC2CC2)CCCCC1. The zero-order valence-corrected chi connectivity index (χ0v) is 12.9. The van der Waals surface area contributed by atoms with Crippen molar-refractivity contribution in [3.63, 3.8) is 0 Å². The number of rotatable bonds is 8. The Morgan fingerprint density at radius 3 is 2.47 bits per heavy atom. The second-order valence-corrected chi connectivity index (χ2v) is 8.52. The standard InChI is InChI=1S/C14H28N2O2S/c1-14(8-3-2-4-9-14)12-16-19(17,18)11-5-10-15-13-6-7-13/h13,15-16H,2-12H2,1H3. The first-order valence-electron chi connectivity index (χ1n) is 7.70. The molecule has 0 unspecified atom stereocenters. The summed E-state index contributed by atoms with van der Waals surface area (Å²) in [7, 11) is -3.09. The van der Waals surface area contributed by atoms with Crippen LogP contribution in [0, 0.1) is 5.41 Å². The Hall–Kier alpha value is -0.130. The van der Waals surface area contributed by atoms with E-state index in [0.717, 1.165) is 19.4 Å². The summed E-state index contributed by atoms with van der Waals surface area (Å²) >= 11 is 0. The molecule has 2 aliphatic carbocycles. The van der Waals surface area contributed by atoms with Crippen LogP contribution in [0.5, 0.6) is 0 Å². The molecule has 0 bridgehead atoms. The van der Waals surface area contributed by atoms with Gasteiger partial charge in [-0.05, 0) is 44.1 Å². The highest BCUT2D eigenvalue weighted by Gasteiger charge is 2.28. The van der Waals surface area contributed by atoms with E-state index in [1.54, 1.807) is 0 Å². The molecule has 4 nitrogen and oxygen atoms in total. The van der Waals surface area contributed by atoms with Gasteiger partial charge in [-0.3, -0.25) is 0 Å². The largest absolute Gasteiger partial charge is 0.314 e. The van der Waals surface area contributed by atoms with E-state index in [0.29, 0.717) is 19.0 Å². The highest BCUT2D eigenvalue weighted by molar-refractivity contribution is 7.89. The van der Waals surface area contributed by atoms with Crippen LogP contribution in [-0.4, -0.2) is 33.3 Å². The smallest absolute Gasteiger partial charge is 0.211 e. The van der Waals surface area contributed by atoms with Crippen molar-refractivity contribution < 1.29 is 8.42 Å². The van der Waals surface area contributed by atoms with E-state index in [4.69, 9.17) is 0 Å². The van der Waals surface area contributed by atoms with Gasteiger partial charge in [0.2, 0.25) is 10.0 Å². The fourth-order valence-electron chi connectivity index (χ4n) is 2.79. The van der Waals surface area contributed by atoms with E-state index in [-0.39, 0.29) is 11.2 Å². The van der Waals surface area contributed by atoms with Crippen molar-refractivity contribution in [3.8, 4) is 0 Å². The Labute approximate surface area is 117 Å². The molecule has 2 fully saturated rings. The molecule has 0 aromatic carbocycles. The maximum Gasteiger partial charge on any atom is 0.211 e. The zero-order valence-electron chi connectivity index (χ0n) is 12.1. The van der Waals surface area contributed by atoms with Crippen LogP contribution in [0.2, 0.25) is 0 Å². The van der Waals surface area contributed by atoms with E-state index in [1.165, 1.54) is 32.1 Å². The third-order valence-electron chi connectivity index (χ3n) is 4.38. The molecule has 0 spiro atoms. The van der Waals surface area contributed by atoms with Crippen LogP contribution in [0.15, 0.2) is 0 Å². The molecule has 0 atom stereocenters. The van der Waals surface area contributed by atoms with E-state index < -0.39 is 10.0 Å². The second kappa shape index (κ2) is 6.55. The predicted octanol–water partition coefficient (Wildman–Crippen LogP) is 2.02. The summed E-state index contributed by atoms with van der Waals surface area (Å²) in [6.45, 7) is 3.65. The molecule has 0 saturated heterocycles. The van der Waals surface area contributed by atoms with Gasteiger partial charge in [0.1, 0.15) is 0 Å². The molecule has 0 aromatic heterocycles. The Balaban J connectivity index is 1.64. The highest BCUT2D eigenvalue weighted by atomic mass is 32.2. The van der Waals surface area contributed by atoms with Gasteiger partial charge in [0.15, 0.2) is 0 Å². The number of sulfonamides is 1. The van der Waals surface area contributed by atoms with Crippen LogP contribution in [0.3, 0.4) is 0 Å². The van der Waals surface area contributed by atoms with Crippen molar-refractivity contribution in [2.75, 3.05) is 18.8 Å². The number of hydrogen-bond acceptors (Lipinski definition) is 3. The Kier molecular flexibility index (Phi) is 5.26. The van der Waals surface area contributed by atoms with Crippen molar-refractivity contribution in [1.82, 2.24) is 10.0 Å². The van der Waals surface area contributed by atoms with Crippen molar-refractivity contribution in [1.29, 1.82) is 0 Å². The van der Waals surface area contributed by atoms with E-state index in [9.17, 15) is 8.42 Å². The fourth-order valence-corrected chi connectivity index (χ4v) is 4.03. The average molecular weight is 288 g/mol. The monoisotopic (exact) mass is 288 g/mol. The van der Waals surface area contributed by atoms with Crippen LogP contribution in [0.25, 0.3) is 0 Å². The molecule has 0 amide bonds. The fraction of sp³-hybridized carbons (Fsp3) is 1.00. The molecule has 5 heteroatoms. The lowest BCUT2D eigenvalue weighted by molar-refractivity contribution is 0.219. The van der Waals surface area contributed by atoms with Gasteiger partial charge in [0.05, 0.1) is 5.75 Å². The van der Waals surface area contributed by atoms with E-state index >= 15 is 0 Å². The van der Waals surface area contributed by atoms with Gasteiger partial charge in [-0.1, -0.05) is 26.2 Å². The molecule has 2 N–H and O–H groups in total. The van der Waals surface area contributed by atoms with Gasteiger partial charge in [0, 0.05) is 12.6 Å². The van der Waals surface area contributed by atoms with Crippen LogP contribution in [-0.2, 0) is 10.0 Å². The molecule has 19 heavy (non-hydrogen) atoms. The van der Waals surface area contributed by atoms with Crippen molar-refractivity contribution >= 4 is 10.0 Å². The maximum absolute atomic E-state index is 11.9.